The monoisotopic (exact) mass is 268 g/mol. The Hall–Kier alpha value is -0.870. The van der Waals surface area contributed by atoms with Crippen molar-refractivity contribution in [1.82, 2.24) is 0 Å². The Kier molecular flexibility index (Phi) is 3.76. The molecule has 0 spiro atoms. The first-order valence-corrected chi connectivity index (χ1v) is 7.04. The summed E-state index contributed by atoms with van der Waals surface area (Å²) in [6.45, 7) is 7.80. The summed E-state index contributed by atoms with van der Waals surface area (Å²) >= 11 is 0. The number of fused-ring (bicyclic) bond motifs is 1. The van der Waals surface area contributed by atoms with Crippen LogP contribution in [0.1, 0.15) is 39.5 Å². The third-order valence-corrected chi connectivity index (χ3v) is 5.49. The predicted molar refractivity (Wildman–Crippen MR) is 71.5 cm³/mol. The van der Waals surface area contributed by atoms with Crippen LogP contribution in [0.15, 0.2) is 12.2 Å². The average Bonchev–Trinajstić information content (AvgIpc) is 2.35. The summed E-state index contributed by atoms with van der Waals surface area (Å²) in [5.74, 6) is -0.863. The van der Waals surface area contributed by atoms with Crippen molar-refractivity contribution in [1.29, 1.82) is 0 Å². The largest absolute Gasteiger partial charge is 0.481 e. The van der Waals surface area contributed by atoms with Gasteiger partial charge in [0.2, 0.25) is 0 Å². The summed E-state index contributed by atoms with van der Waals surface area (Å²) in [5, 5.41) is 29.3. The maximum atomic E-state index is 11.1. The molecule has 4 nitrogen and oxygen atoms in total. The van der Waals surface area contributed by atoms with Crippen LogP contribution in [-0.4, -0.2) is 33.5 Å². The fraction of sp³-hybridized carbons (Fsp3) is 0.800. The van der Waals surface area contributed by atoms with Crippen LogP contribution in [0.3, 0.4) is 0 Å². The van der Waals surface area contributed by atoms with Gasteiger partial charge in [0.05, 0.1) is 18.1 Å². The molecule has 4 heteroatoms. The van der Waals surface area contributed by atoms with Crippen LogP contribution in [0.25, 0.3) is 0 Å². The summed E-state index contributed by atoms with van der Waals surface area (Å²) in [7, 11) is 0. The predicted octanol–water partition coefficient (Wildman–Crippen LogP) is 1.81. The molecule has 0 saturated heterocycles. The second-order valence-electron chi connectivity index (χ2n) is 6.59. The molecule has 2 aliphatic carbocycles. The lowest BCUT2D eigenvalue weighted by Crippen LogP contribution is -2.54. The van der Waals surface area contributed by atoms with E-state index in [0.717, 1.165) is 24.8 Å². The third kappa shape index (κ3) is 2.32. The zero-order chi connectivity index (χ0) is 14.4. The van der Waals surface area contributed by atoms with Crippen LogP contribution in [-0.2, 0) is 4.79 Å². The SMILES string of the molecule is C=C1CC(O)C(O)C2(C)CCC(C(C)C(=O)O)CC12. The minimum Gasteiger partial charge on any atom is -0.481 e. The topological polar surface area (TPSA) is 77.8 Å². The van der Waals surface area contributed by atoms with E-state index in [1.165, 1.54) is 0 Å². The summed E-state index contributed by atoms with van der Waals surface area (Å²) < 4.78 is 0. The maximum absolute atomic E-state index is 11.1. The molecule has 108 valence electrons. The van der Waals surface area contributed by atoms with Gasteiger partial charge in [-0.05, 0) is 37.5 Å². The summed E-state index contributed by atoms with van der Waals surface area (Å²) in [6, 6.07) is 0. The van der Waals surface area contributed by atoms with Crippen molar-refractivity contribution < 1.29 is 20.1 Å². The standard InChI is InChI=1S/C15H24O4/c1-8-6-12(16)13(17)15(3)5-4-10(7-11(8)15)9(2)14(18)19/h9-13,16-17H,1,4-7H2,2-3H3,(H,18,19). The Morgan fingerprint density at radius 2 is 2.11 bits per heavy atom. The zero-order valence-electron chi connectivity index (χ0n) is 11.7. The van der Waals surface area contributed by atoms with Crippen molar-refractivity contribution in [2.75, 3.05) is 0 Å². The zero-order valence-corrected chi connectivity index (χ0v) is 11.7. The lowest BCUT2D eigenvalue weighted by molar-refractivity contribution is -0.147. The van der Waals surface area contributed by atoms with Gasteiger partial charge in [-0.2, -0.15) is 0 Å². The first-order chi connectivity index (χ1) is 8.77. The van der Waals surface area contributed by atoms with Gasteiger partial charge in [-0.25, -0.2) is 0 Å². The van der Waals surface area contributed by atoms with E-state index in [2.05, 4.69) is 6.58 Å². The molecule has 0 aromatic rings. The minimum absolute atomic E-state index is 0.117. The Bertz CT molecular complexity index is 392. The highest BCUT2D eigenvalue weighted by Gasteiger charge is 2.52. The number of rotatable bonds is 2. The Morgan fingerprint density at radius 3 is 2.68 bits per heavy atom. The number of carboxylic acids is 1. The molecule has 6 unspecified atom stereocenters. The molecule has 3 N–H and O–H groups in total. The van der Waals surface area contributed by atoms with Crippen molar-refractivity contribution in [3.05, 3.63) is 12.2 Å². The van der Waals surface area contributed by atoms with Crippen LogP contribution in [0.4, 0.5) is 0 Å². The number of carboxylic acid groups (broad SMARTS) is 1. The molecule has 2 fully saturated rings. The second-order valence-corrected chi connectivity index (χ2v) is 6.59. The second kappa shape index (κ2) is 4.91. The number of aliphatic carboxylic acids is 1. The van der Waals surface area contributed by atoms with Gasteiger partial charge >= 0.3 is 5.97 Å². The summed E-state index contributed by atoms with van der Waals surface area (Å²) in [5.41, 5.74) is 0.603. The minimum atomic E-state index is -0.754. The molecule has 6 atom stereocenters. The van der Waals surface area contributed by atoms with Gasteiger partial charge in [-0.3, -0.25) is 4.79 Å². The first kappa shape index (κ1) is 14.5. The third-order valence-electron chi connectivity index (χ3n) is 5.49. The fourth-order valence-electron chi connectivity index (χ4n) is 3.97. The molecule has 0 heterocycles. The highest BCUT2D eigenvalue weighted by Crippen LogP contribution is 2.54. The number of aliphatic hydroxyl groups is 2. The van der Waals surface area contributed by atoms with Gasteiger partial charge in [0.1, 0.15) is 0 Å². The number of aliphatic hydroxyl groups excluding tert-OH is 2. The molecular weight excluding hydrogens is 244 g/mol. The first-order valence-electron chi connectivity index (χ1n) is 7.04. The molecule has 0 amide bonds. The Labute approximate surface area is 114 Å². The van der Waals surface area contributed by atoms with E-state index < -0.39 is 18.2 Å². The van der Waals surface area contributed by atoms with Crippen molar-refractivity contribution in [2.45, 2.75) is 51.7 Å². The van der Waals surface area contributed by atoms with Crippen LogP contribution < -0.4 is 0 Å². The molecule has 0 aliphatic heterocycles. The molecule has 19 heavy (non-hydrogen) atoms. The number of hydrogen-bond acceptors (Lipinski definition) is 3. The van der Waals surface area contributed by atoms with Gasteiger partial charge < -0.3 is 15.3 Å². The van der Waals surface area contributed by atoms with Crippen LogP contribution in [0.2, 0.25) is 0 Å². The molecule has 0 aromatic heterocycles. The number of carbonyl (C=O) groups is 1. The normalized spacial score (nSPS) is 44.5. The lowest BCUT2D eigenvalue weighted by atomic mass is 9.54. The van der Waals surface area contributed by atoms with Crippen LogP contribution in [0.5, 0.6) is 0 Å². The van der Waals surface area contributed by atoms with Crippen LogP contribution in [0, 0.1) is 23.2 Å². The van der Waals surface area contributed by atoms with E-state index in [4.69, 9.17) is 5.11 Å². The van der Waals surface area contributed by atoms with Gasteiger partial charge in [0.15, 0.2) is 0 Å². The molecule has 2 rings (SSSR count). The van der Waals surface area contributed by atoms with E-state index in [1.807, 2.05) is 6.92 Å². The molecule has 0 radical (unpaired) electrons. The van der Waals surface area contributed by atoms with E-state index >= 15 is 0 Å². The van der Waals surface area contributed by atoms with Crippen LogP contribution >= 0.6 is 0 Å². The van der Waals surface area contributed by atoms with E-state index in [1.54, 1.807) is 6.92 Å². The Morgan fingerprint density at radius 1 is 1.47 bits per heavy atom. The lowest BCUT2D eigenvalue weighted by Gasteiger charge is -2.53. The highest BCUT2D eigenvalue weighted by atomic mass is 16.4. The fourth-order valence-corrected chi connectivity index (χ4v) is 3.97. The molecule has 0 bridgehead atoms. The van der Waals surface area contributed by atoms with Crippen molar-refractivity contribution in [3.63, 3.8) is 0 Å². The Balaban J connectivity index is 2.20. The number of hydrogen-bond donors (Lipinski definition) is 3. The molecule has 0 aromatic carbocycles. The highest BCUT2D eigenvalue weighted by molar-refractivity contribution is 5.69. The summed E-state index contributed by atoms with van der Waals surface area (Å²) in [6.07, 6.45) is 1.25. The smallest absolute Gasteiger partial charge is 0.306 e. The van der Waals surface area contributed by atoms with E-state index in [-0.39, 0.29) is 23.2 Å². The molecule has 2 saturated carbocycles. The van der Waals surface area contributed by atoms with Crippen molar-refractivity contribution in [3.8, 4) is 0 Å². The van der Waals surface area contributed by atoms with Crippen molar-refractivity contribution in [2.24, 2.45) is 23.2 Å². The van der Waals surface area contributed by atoms with Crippen molar-refractivity contribution >= 4 is 5.97 Å². The summed E-state index contributed by atoms with van der Waals surface area (Å²) in [4.78, 5) is 11.1. The van der Waals surface area contributed by atoms with Gasteiger partial charge in [-0.15, -0.1) is 0 Å². The molecule has 2 aliphatic rings. The van der Waals surface area contributed by atoms with Gasteiger partial charge in [0, 0.05) is 5.41 Å². The quantitative estimate of drug-likeness (QED) is 0.667. The van der Waals surface area contributed by atoms with E-state index in [0.29, 0.717) is 6.42 Å². The van der Waals surface area contributed by atoms with Gasteiger partial charge in [0.25, 0.3) is 0 Å². The molecular formula is C15H24O4. The van der Waals surface area contributed by atoms with E-state index in [9.17, 15) is 15.0 Å². The average molecular weight is 268 g/mol. The van der Waals surface area contributed by atoms with Gasteiger partial charge in [-0.1, -0.05) is 26.0 Å². The maximum Gasteiger partial charge on any atom is 0.306 e.